The second-order valence-electron chi connectivity index (χ2n) is 5.96. The van der Waals surface area contributed by atoms with Crippen molar-refractivity contribution in [2.75, 3.05) is 26.9 Å². The average molecular weight is 291 g/mol. The van der Waals surface area contributed by atoms with Gasteiger partial charge in [-0.05, 0) is 43.0 Å². The first kappa shape index (κ1) is 14.5. The zero-order valence-electron chi connectivity index (χ0n) is 12.8. The lowest BCUT2D eigenvalue weighted by molar-refractivity contribution is 0.165. The van der Waals surface area contributed by atoms with Gasteiger partial charge in [-0.15, -0.1) is 0 Å². The standard InChI is InChI=1S/C17H25NO3/c1-19-15-9-14(10-16-17(15)21-8-7-20-16)12-18-11-13-5-3-2-4-6-13/h9-10,13,18H,2-8,11-12H2,1H3. The molecule has 0 radical (unpaired) electrons. The molecule has 21 heavy (non-hydrogen) atoms. The van der Waals surface area contributed by atoms with Gasteiger partial charge in [0.1, 0.15) is 13.2 Å². The lowest BCUT2D eigenvalue weighted by Crippen LogP contribution is -2.24. The summed E-state index contributed by atoms with van der Waals surface area (Å²) in [5.41, 5.74) is 1.19. The van der Waals surface area contributed by atoms with Crippen LogP contribution in [0.3, 0.4) is 0 Å². The molecule has 0 spiro atoms. The first-order valence-corrected chi connectivity index (χ1v) is 8.04. The number of ether oxygens (including phenoxy) is 3. The highest BCUT2D eigenvalue weighted by atomic mass is 16.6. The molecule has 1 aliphatic carbocycles. The third-order valence-corrected chi connectivity index (χ3v) is 4.37. The molecule has 1 aromatic carbocycles. The molecule has 0 aromatic heterocycles. The van der Waals surface area contributed by atoms with E-state index in [1.807, 2.05) is 6.07 Å². The fraction of sp³-hybridized carbons (Fsp3) is 0.647. The van der Waals surface area contributed by atoms with Crippen LogP contribution in [0.4, 0.5) is 0 Å². The smallest absolute Gasteiger partial charge is 0.203 e. The van der Waals surface area contributed by atoms with Crippen molar-refractivity contribution >= 4 is 0 Å². The maximum absolute atomic E-state index is 5.67. The van der Waals surface area contributed by atoms with Gasteiger partial charge in [-0.3, -0.25) is 0 Å². The van der Waals surface area contributed by atoms with Crippen molar-refractivity contribution in [2.24, 2.45) is 5.92 Å². The lowest BCUT2D eigenvalue weighted by Gasteiger charge is -2.23. The Bertz CT molecular complexity index is 452. The predicted molar refractivity (Wildman–Crippen MR) is 82.3 cm³/mol. The average Bonchev–Trinajstić information content (AvgIpc) is 2.55. The molecule has 4 nitrogen and oxygen atoms in total. The molecular weight excluding hydrogens is 266 g/mol. The van der Waals surface area contributed by atoms with Gasteiger partial charge in [0.15, 0.2) is 11.5 Å². The molecule has 1 aromatic rings. The van der Waals surface area contributed by atoms with Gasteiger partial charge in [0.05, 0.1) is 7.11 Å². The van der Waals surface area contributed by atoms with Gasteiger partial charge >= 0.3 is 0 Å². The molecule has 3 rings (SSSR count). The van der Waals surface area contributed by atoms with Crippen LogP contribution in [0, 0.1) is 5.92 Å². The Hall–Kier alpha value is -1.42. The summed E-state index contributed by atoms with van der Waals surface area (Å²) in [7, 11) is 1.67. The number of hydrogen-bond acceptors (Lipinski definition) is 4. The number of hydrogen-bond donors (Lipinski definition) is 1. The highest BCUT2D eigenvalue weighted by Gasteiger charge is 2.18. The minimum Gasteiger partial charge on any atom is -0.493 e. The van der Waals surface area contributed by atoms with E-state index in [2.05, 4.69) is 11.4 Å². The van der Waals surface area contributed by atoms with E-state index in [1.54, 1.807) is 7.11 Å². The molecule has 1 N–H and O–H groups in total. The molecule has 0 saturated heterocycles. The Labute approximate surface area is 126 Å². The van der Waals surface area contributed by atoms with Crippen molar-refractivity contribution < 1.29 is 14.2 Å². The Kier molecular flexibility index (Phi) is 4.86. The third-order valence-electron chi connectivity index (χ3n) is 4.37. The summed E-state index contributed by atoms with van der Waals surface area (Å²) in [4.78, 5) is 0. The summed E-state index contributed by atoms with van der Waals surface area (Å²) in [6.45, 7) is 3.15. The lowest BCUT2D eigenvalue weighted by atomic mass is 9.89. The third kappa shape index (κ3) is 3.62. The van der Waals surface area contributed by atoms with Crippen LogP contribution in [-0.4, -0.2) is 26.9 Å². The minimum absolute atomic E-state index is 0.586. The summed E-state index contributed by atoms with van der Waals surface area (Å²) in [5, 5.41) is 3.58. The summed E-state index contributed by atoms with van der Waals surface area (Å²) < 4.78 is 16.7. The Morgan fingerprint density at radius 3 is 2.76 bits per heavy atom. The van der Waals surface area contributed by atoms with Crippen LogP contribution in [0.5, 0.6) is 17.2 Å². The second-order valence-corrected chi connectivity index (χ2v) is 5.96. The van der Waals surface area contributed by atoms with Crippen LogP contribution in [-0.2, 0) is 6.54 Å². The van der Waals surface area contributed by atoms with Crippen LogP contribution < -0.4 is 19.5 Å². The number of rotatable bonds is 5. The predicted octanol–water partition coefficient (Wildman–Crippen LogP) is 3.14. The fourth-order valence-electron chi connectivity index (χ4n) is 3.24. The number of benzene rings is 1. The molecular formula is C17H25NO3. The van der Waals surface area contributed by atoms with E-state index in [-0.39, 0.29) is 0 Å². The molecule has 116 valence electrons. The molecule has 4 heteroatoms. The van der Waals surface area contributed by atoms with Gasteiger partial charge in [0.2, 0.25) is 5.75 Å². The van der Waals surface area contributed by atoms with Crippen LogP contribution in [0.2, 0.25) is 0 Å². The Morgan fingerprint density at radius 1 is 1.14 bits per heavy atom. The van der Waals surface area contributed by atoms with E-state index in [4.69, 9.17) is 14.2 Å². The quantitative estimate of drug-likeness (QED) is 0.904. The van der Waals surface area contributed by atoms with E-state index < -0.39 is 0 Å². The molecule has 0 amide bonds. The van der Waals surface area contributed by atoms with Crippen molar-refractivity contribution in [3.8, 4) is 17.2 Å². The second kappa shape index (κ2) is 7.03. The maximum Gasteiger partial charge on any atom is 0.203 e. The number of nitrogens with one attached hydrogen (secondary N) is 1. The molecule has 1 aliphatic heterocycles. The first-order valence-electron chi connectivity index (χ1n) is 8.04. The van der Waals surface area contributed by atoms with Gasteiger partial charge in [-0.25, -0.2) is 0 Å². The molecule has 1 saturated carbocycles. The minimum atomic E-state index is 0.586. The van der Waals surface area contributed by atoms with Gasteiger partial charge in [-0.1, -0.05) is 19.3 Å². The fourth-order valence-corrected chi connectivity index (χ4v) is 3.24. The van der Waals surface area contributed by atoms with Crippen molar-refractivity contribution in [1.82, 2.24) is 5.32 Å². The molecule has 1 heterocycles. The van der Waals surface area contributed by atoms with E-state index in [0.29, 0.717) is 13.2 Å². The SMILES string of the molecule is COc1cc(CNCC2CCCCC2)cc2c1OCCO2. The summed E-state index contributed by atoms with van der Waals surface area (Å²) in [5.74, 6) is 3.15. The van der Waals surface area contributed by atoms with Crippen molar-refractivity contribution in [3.05, 3.63) is 17.7 Å². The van der Waals surface area contributed by atoms with Crippen LogP contribution in [0.25, 0.3) is 0 Å². The largest absolute Gasteiger partial charge is 0.493 e. The zero-order chi connectivity index (χ0) is 14.5. The van der Waals surface area contributed by atoms with E-state index in [1.165, 1.54) is 37.7 Å². The number of methoxy groups -OCH3 is 1. The first-order chi connectivity index (χ1) is 10.4. The maximum atomic E-state index is 5.67. The van der Waals surface area contributed by atoms with Crippen molar-refractivity contribution in [1.29, 1.82) is 0 Å². The molecule has 0 unspecified atom stereocenters. The van der Waals surface area contributed by atoms with Gasteiger partial charge in [-0.2, -0.15) is 0 Å². The molecule has 0 bridgehead atoms. The van der Waals surface area contributed by atoms with E-state index >= 15 is 0 Å². The summed E-state index contributed by atoms with van der Waals surface area (Å²) in [6, 6.07) is 4.10. The normalized spacial score (nSPS) is 18.5. The highest BCUT2D eigenvalue weighted by Crippen LogP contribution is 2.40. The van der Waals surface area contributed by atoms with Crippen molar-refractivity contribution in [2.45, 2.75) is 38.6 Å². The van der Waals surface area contributed by atoms with Crippen molar-refractivity contribution in [3.63, 3.8) is 0 Å². The molecule has 1 fully saturated rings. The van der Waals surface area contributed by atoms with Crippen LogP contribution in [0.1, 0.15) is 37.7 Å². The highest BCUT2D eigenvalue weighted by molar-refractivity contribution is 5.54. The Balaban J connectivity index is 1.59. The van der Waals surface area contributed by atoms with E-state index in [9.17, 15) is 0 Å². The Morgan fingerprint density at radius 2 is 1.95 bits per heavy atom. The van der Waals surface area contributed by atoms with E-state index in [0.717, 1.165) is 36.3 Å². The summed E-state index contributed by atoms with van der Waals surface area (Å²) in [6.07, 6.45) is 6.94. The summed E-state index contributed by atoms with van der Waals surface area (Å²) >= 11 is 0. The number of fused-ring (bicyclic) bond motifs is 1. The van der Waals surface area contributed by atoms with Gasteiger partial charge < -0.3 is 19.5 Å². The topological polar surface area (TPSA) is 39.7 Å². The monoisotopic (exact) mass is 291 g/mol. The van der Waals surface area contributed by atoms with Gasteiger partial charge in [0.25, 0.3) is 0 Å². The molecule has 2 aliphatic rings. The van der Waals surface area contributed by atoms with Gasteiger partial charge in [0, 0.05) is 6.54 Å². The zero-order valence-corrected chi connectivity index (χ0v) is 12.8. The van der Waals surface area contributed by atoms with Crippen LogP contribution in [0.15, 0.2) is 12.1 Å². The molecule has 0 atom stereocenters. The van der Waals surface area contributed by atoms with Crippen LogP contribution >= 0.6 is 0 Å².